The number of benzene rings is 1. The molecule has 0 bridgehead atoms. The molecule has 2 aromatic heterocycles. The number of aromatic nitrogens is 1. The summed E-state index contributed by atoms with van der Waals surface area (Å²) in [7, 11) is 0. The Hall–Kier alpha value is -2.17. The molecule has 4 rings (SSSR count). The number of rotatable bonds is 5. The molecule has 0 amide bonds. The first-order chi connectivity index (χ1) is 12.3. The molecule has 0 radical (unpaired) electrons. The van der Waals surface area contributed by atoms with Gasteiger partial charge < -0.3 is 4.74 Å². The zero-order valence-electron chi connectivity index (χ0n) is 14.4. The predicted molar refractivity (Wildman–Crippen MR) is 102 cm³/mol. The van der Waals surface area contributed by atoms with Gasteiger partial charge in [0.1, 0.15) is 12.4 Å². The minimum absolute atomic E-state index is 0.480. The molecule has 128 valence electrons. The van der Waals surface area contributed by atoms with Crippen molar-refractivity contribution in [2.45, 2.75) is 32.5 Å². The first kappa shape index (κ1) is 16.3. The topological polar surface area (TPSA) is 25.4 Å². The van der Waals surface area contributed by atoms with E-state index in [9.17, 15) is 0 Å². The Morgan fingerprint density at radius 1 is 1.20 bits per heavy atom. The molecule has 25 heavy (non-hydrogen) atoms. The van der Waals surface area contributed by atoms with Gasteiger partial charge >= 0.3 is 0 Å². The van der Waals surface area contributed by atoms with Crippen molar-refractivity contribution >= 4 is 11.3 Å². The van der Waals surface area contributed by atoms with Gasteiger partial charge in [0.15, 0.2) is 0 Å². The van der Waals surface area contributed by atoms with E-state index >= 15 is 0 Å². The van der Waals surface area contributed by atoms with Crippen molar-refractivity contribution in [2.75, 3.05) is 6.54 Å². The quantitative estimate of drug-likeness (QED) is 0.658. The lowest BCUT2D eigenvalue weighted by Crippen LogP contribution is -2.32. The number of thiophene rings is 1. The van der Waals surface area contributed by atoms with Crippen LogP contribution in [0.1, 0.15) is 34.7 Å². The van der Waals surface area contributed by atoms with Crippen molar-refractivity contribution in [1.82, 2.24) is 9.88 Å². The molecule has 0 saturated heterocycles. The average Bonchev–Trinajstić information content (AvgIpc) is 3.13. The van der Waals surface area contributed by atoms with Gasteiger partial charge in [-0.3, -0.25) is 9.88 Å². The third-order valence-corrected chi connectivity index (χ3v) is 5.80. The third kappa shape index (κ3) is 3.75. The molecule has 3 heterocycles. The Bertz CT molecular complexity index is 831. The summed E-state index contributed by atoms with van der Waals surface area (Å²) >= 11 is 1.89. The van der Waals surface area contributed by atoms with Crippen molar-refractivity contribution < 1.29 is 4.74 Å². The van der Waals surface area contributed by atoms with Gasteiger partial charge in [0.25, 0.3) is 0 Å². The third-order valence-electron chi connectivity index (χ3n) is 4.80. The number of ether oxygens (including phenoxy) is 1. The fourth-order valence-electron chi connectivity index (χ4n) is 3.39. The first-order valence-electron chi connectivity index (χ1n) is 8.71. The summed E-state index contributed by atoms with van der Waals surface area (Å²) in [6.45, 7) is 4.89. The molecular weight excluding hydrogens is 328 g/mol. The molecule has 0 unspecified atom stereocenters. The molecule has 1 aromatic carbocycles. The number of hydrogen-bond donors (Lipinski definition) is 0. The largest absolute Gasteiger partial charge is 0.487 e. The zero-order valence-corrected chi connectivity index (χ0v) is 15.2. The van der Waals surface area contributed by atoms with E-state index in [1.54, 1.807) is 11.1 Å². The zero-order chi connectivity index (χ0) is 17.1. The standard InChI is InChI=1S/C21H22N2OS/c1-16-20-9-12-25-21(20)8-11-23(16)14-17-5-4-7-19(13-17)24-15-18-6-2-3-10-22-18/h2-7,9-10,12-13,16H,8,11,14-15H2,1H3/t16-/m1/s1. The van der Waals surface area contributed by atoms with Crippen LogP contribution >= 0.6 is 11.3 Å². The van der Waals surface area contributed by atoms with Gasteiger partial charge in [0.2, 0.25) is 0 Å². The molecule has 4 heteroatoms. The van der Waals surface area contributed by atoms with E-state index in [-0.39, 0.29) is 0 Å². The van der Waals surface area contributed by atoms with Gasteiger partial charge in [-0.25, -0.2) is 0 Å². The highest BCUT2D eigenvalue weighted by molar-refractivity contribution is 7.10. The summed E-state index contributed by atoms with van der Waals surface area (Å²) in [5, 5.41) is 2.22. The second-order valence-electron chi connectivity index (χ2n) is 6.45. The van der Waals surface area contributed by atoms with E-state index in [0.717, 1.165) is 31.0 Å². The normalized spacial score (nSPS) is 17.2. The first-order valence-corrected chi connectivity index (χ1v) is 9.59. The van der Waals surface area contributed by atoms with Crippen LogP contribution in [0.2, 0.25) is 0 Å². The highest BCUT2D eigenvalue weighted by atomic mass is 32.1. The van der Waals surface area contributed by atoms with Crippen molar-refractivity contribution in [3.63, 3.8) is 0 Å². The highest BCUT2D eigenvalue weighted by Crippen LogP contribution is 2.33. The fourth-order valence-corrected chi connectivity index (χ4v) is 4.35. The van der Waals surface area contributed by atoms with Crippen LogP contribution in [0.5, 0.6) is 5.75 Å². The van der Waals surface area contributed by atoms with Crippen LogP contribution < -0.4 is 4.74 Å². The Labute approximate surface area is 152 Å². The number of nitrogens with zero attached hydrogens (tertiary/aromatic N) is 2. The maximum absolute atomic E-state index is 5.91. The maximum atomic E-state index is 5.91. The lowest BCUT2D eigenvalue weighted by molar-refractivity contribution is 0.191. The molecule has 1 aliphatic heterocycles. The second-order valence-corrected chi connectivity index (χ2v) is 7.45. The number of fused-ring (bicyclic) bond motifs is 1. The van der Waals surface area contributed by atoms with Gasteiger partial charge in [-0.05, 0) is 60.2 Å². The van der Waals surface area contributed by atoms with Gasteiger partial charge in [-0.2, -0.15) is 0 Å². The smallest absolute Gasteiger partial charge is 0.130 e. The van der Waals surface area contributed by atoms with Crippen LogP contribution in [-0.4, -0.2) is 16.4 Å². The molecule has 3 nitrogen and oxygen atoms in total. The van der Waals surface area contributed by atoms with Gasteiger partial charge in [-0.1, -0.05) is 18.2 Å². The Kier molecular flexibility index (Phi) is 4.81. The van der Waals surface area contributed by atoms with Crippen LogP contribution in [-0.2, 0) is 19.6 Å². The second kappa shape index (κ2) is 7.38. The van der Waals surface area contributed by atoms with Crippen molar-refractivity contribution in [1.29, 1.82) is 0 Å². The van der Waals surface area contributed by atoms with Crippen LogP contribution in [0.3, 0.4) is 0 Å². The summed E-state index contributed by atoms with van der Waals surface area (Å²) in [5.41, 5.74) is 3.74. The van der Waals surface area contributed by atoms with E-state index in [0.29, 0.717) is 12.6 Å². The molecule has 0 spiro atoms. The lowest BCUT2D eigenvalue weighted by Gasteiger charge is -2.33. The summed E-state index contributed by atoms with van der Waals surface area (Å²) in [6, 6.07) is 17.1. The lowest BCUT2D eigenvalue weighted by atomic mass is 10.0. The van der Waals surface area contributed by atoms with Crippen molar-refractivity contribution in [3.8, 4) is 5.75 Å². The van der Waals surface area contributed by atoms with E-state index in [4.69, 9.17) is 4.74 Å². The molecule has 3 aromatic rings. The summed E-state index contributed by atoms with van der Waals surface area (Å²) < 4.78 is 5.91. The van der Waals surface area contributed by atoms with Gasteiger partial charge in [0.05, 0.1) is 5.69 Å². The van der Waals surface area contributed by atoms with E-state index in [1.807, 2.05) is 35.6 Å². The van der Waals surface area contributed by atoms with Gasteiger partial charge in [-0.15, -0.1) is 11.3 Å². The Balaban J connectivity index is 1.42. The predicted octanol–water partition coefficient (Wildman–Crippen LogP) is 4.84. The maximum Gasteiger partial charge on any atom is 0.130 e. The molecule has 0 N–H and O–H groups in total. The molecule has 0 fully saturated rings. The minimum Gasteiger partial charge on any atom is -0.487 e. The van der Waals surface area contributed by atoms with E-state index in [2.05, 4.69) is 46.5 Å². The molecule has 1 aliphatic rings. The van der Waals surface area contributed by atoms with Crippen molar-refractivity contribution in [2.24, 2.45) is 0 Å². The van der Waals surface area contributed by atoms with E-state index in [1.165, 1.54) is 11.1 Å². The van der Waals surface area contributed by atoms with Crippen LogP contribution in [0.25, 0.3) is 0 Å². The van der Waals surface area contributed by atoms with Crippen LogP contribution in [0, 0.1) is 0 Å². The van der Waals surface area contributed by atoms with Crippen molar-refractivity contribution in [3.05, 3.63) is 81.8 Å². The SMILES string of the molecule is C[C@@H]1c2ccsc2CCN1Cc1cccc(OCc2ccccn2)c1. The molecular formula is C21H22N2OS. The molecule has 0 aliphatic carbocycles. The summed E-state index contributed by atoms with van der Waals surface area (Å²) in [5.74, 6) is 0.907. The van der Waals surface area contributed by atoms with Crippen LogP contribution in [0.4, 0.5) is 0 Å². The van der Waals surface area contributed by atoms with E-state index < -0.39 is 0 Å². The molecule has 1 atom stereocenters. The summed E-state index contributed by atoms with van der Waals surface area (Å²) in [4.78, 5) is 8.40. The van der Waals surface area contributed by atoms with Crippen LogP contribution in [0.15, 0.2) is 60.1 Å². The Morgan fingerprint density at radius 2 is 2.16 bits per heavy atom. The Morgan fingerprint density at radius 3 is 3.04 bits per heavy atom. The summed E-state index contributed by atoms with van der Waals surface area (Å²) in [6.07, 6.45) is 2.96. The number of pyridine rings is 1. The minimum atomic E-state index is 0.480. The average molecular weight is 350 g/mol. The fraction of sp³-hybridized carbons (Fsp3) is 0.286. The molecule has 0 saturated carbocycles. The number of hydrogen-bond acceptors (Lipinski definition) is 4. The highest BCUT2D eigenvalue weighted by Gasteiger charge is 2.24. The van der Waals surface area contributed by atoms with Gasteiger partial charge in [0, 0.05) is 30.2 Å². The monoisotopic (exact) mass is 350 g/mol.